The van der Waals surface area contributed by atoms with Gasteiger partial charge in [0.2, 0.25) is 0 Å². The van der Waals surface area contributed by atoms with Crippen LogP contribution in [-0.4, -0.2) is 40.4 Å². The minimum Gasteiger partial charge on any atom is -0.311 e. The lowest BCUT2D eigenvalue weighted by Crippen LogP contribution is -2.63. The third-order valence-electron chi connectivity index (χ3n) is 4.03. The van der Waals surface area contributed by atoms with Crippen LogP contribution in [0, 0.1) is 0 Å². The van der Waals surface area contributed by atoms with Gasteiger partial charge < -0.3 is 5.32 Å². The molecule has 0 saturated heterocycles. The second-order valence-corrected chi connectivity index (χ2v) is 7.16. The van der Waals surface area contributed by atoms with E-state index in [1.807, 2.05) is 5.32 Å². The van der Waals surface area contributed by atoms with Gasteiger partial charge in [0.05, 0.1) is 4.88 Å². The summed E-state index contributed by atoms with van der Waals surface area (Å²) in [6.07, 6.45) is -5.11. The summed E-state index contributed by atoms with van der Waals surface area (Å²) in [7, 11) is 0. The van der Waals surface area contributed by atoms with E-state index in [0.29, 0.717) is 5.56 Å². The third kappa shape index (κ3) is 3.23. The summed E-state index contributed by atoms with van der Waals surface area (Å²) < 4.78 is 42.1. The molecule has 0 saturated carbocycles. The van der Waals surface area contributed by atoms with Gasteiger partial charge in [-0.05, 0) is 25.3 Å². The Morgan fingerprint density at radius 2 is 1.85 bits per heavy atom. The van der Waals surface area contributed by atoms with Crippen molar-refractivity contribution in [2.24, 2.45) is 4.99 Å². The number of amidine groups is 1. The zero-order chi connectivity index (χ0) is 19.8. The Hall–Kier alpha value is -2.68. The summed E-state index contributed by atoms with van der Waals surface area (Å²) in [5.41, 5.74) is -3.00. The maximum Gasteiger partial charge on any atom is 0.442 e. The quantitative estimate of drug-likeness (QED) is 0.862. The van der Waals surface area contributed by atoms with Gasteiger partial charge in [0, 0.05) is 11.6 Å². The molecule has 1 N–H and O–H groups in total. The smallest absolute Gasteiger partial charge is 0.311 e. The van der Waals surface area contributed by atoms with Gasteiger partial charge in [-0.25, -0.2) is 4.99 Å². The first-order chi connectivity index (χ1) is 12.7. The number of thiophene rings is 1. The Labute approximate surface area is 157 Å². The summed E-state index contributed by atoms with van der Waals surface area (Å²) in [6, 6.07) is 10.4. The van der Waals surface area contributed by atoms with Crippen LogP contribution in [-0.2, 0) is 4.79 Å². The van der Waals surface area contributed by atoms with Crippen LogP contribution < -0.4 is 5.32 Å². The number of hydrogen-bond donors (Lipinski definition) is 1. The van der Waals surface area contributed by atoms with E-state index in [1.54, 1.807) is 49.6 Å². The van der Waals surface area contributed by atoms with E-state index in [2.05, 4.69) is 4.99 Å². The van der Waals surface area contributed by atoms with Crippen LogP contribution in [0.4, 0.5) is 13.2 Å². The Morgan fingerprint density at radius 1 is 1.19 bits per heavy atom. The van der Waals surface area contributed by atoms with E-state index in [-0.39, 0.29) is 10.7 Å². The highest BCUT2D eigenvalue weighted by Gasteiger charge is 2.67. The van der Waals surface area contributed by atoms with Gasteiger partial charge in [-0.3, -0.25) is 14.5 Å². The molecular weight excluding hydrogens is 379 g/mol. The molecule has 142 valence electrons. The normalized spacial score (nSPS) is 20.1. The van der Waals surface area contributed by atoms with Crippen LogP contribution in [0.1, 0.15) is 29.1 Å². The summed E-state index contributed by atoms with van der Waals surface area (Å²) >= 11 is 0.976. The first-order valence-corrected chi connectivity index (χ1v) is 8.97. The van der Waals surface area contributed by atoms with Crippen LogP contribution in [0.25, 0.3) is 0 Å². The van der Waals surface area contributed by atoms with Crippen molar-refractivity contribution in [3.05, 3.63) is 58.3 Å². The molecule has 1 aliphatic rings. The van der Waals surface area contributed by atoms with E-state index in [9.17, 15) is 22.8 Å². The van der Waals surface area contributed by atoms with Crippen molar-refractivity contribution in [1.82, 2.24) is 10.2 Å². The lowest BCUT2D eigenvalue weighted by atomic mass is 10.1. The molecule has 1 aromatic carbocycles. The monoisotopic (exact) mass is 395 g/mol. The second-order valence-electron chi connectivity index (χ2n) is 6.21. The topological polar surface area (TPSA) is 61.8 Å². The molecule has 1 aliphatic heterocycles. The van der Waals surface area contributed by atoms with Crippen molar-refractivity contribution in [2.45, 2.75) is 31.7 Å². The molecule has 0 fully saturated rings. The lowest BCUT2D eigenvalue weighted by Gasteiger charge is -2.30. The van der Waals surface area contributed by atoms with Crippen molar-refractivity contribution in [2.75, 3.05) is 0 Å². The number of hydrogen-bond acceptors (Lipinski definition) is 4. The van der Waals surface area contributed by atoms with Gasteiger partial charge in [-0.15, -0.1) is 11.3 Å². The highest BCUT2D eigenvalue weighted by molar-refractivity contribution is 7.12. The van der Waals surface area contributed by atoms with Crippen molar-refractivity contribution >= 4 is 29.0 Å². The Balaban J connectivity index is 2.13. The third-order valence-corrected chi connectivity index (χ3v) is 4.90. The van der Waals surface area contributed by atoms with Crippen LogP contribution >= 0.6 is 11.3 Å². The molecule has 27 heavy (non-hydrogen) atoms. The number of nitrogens with zero attached hydrogens (tertiary/aromatic N) is 2. The van der Waals surface area contributed by atoms with E-state index in [0.717, 1.165) is 16.2 Å². The Morgan fingerprint density at radius 3 is 2.37 bits per heavy atom. The molecule has 0 aliphatic carbocycles. The number of alkyl halides is 3. The van der Waals surface area contributed by atoms with E-state index in [4.69, 9.17) is 0 Å². The van der Waals surface area contributed by atoms with Gasteiger partial charge in [0.1, 0.15) is 5.84 Å². The zero-order valence-electron chi connectivity index (χ0n) is 14.4. The van der Waals surface area contributed by atoms with E-state index in [1.165, 1.54) is 12.1 Å². The van der Waals surface area contributed by atoms with E-state index >= 15 is 0 Å². The standard InChI is InChI=1S/C18H16F3N3O2S/c1-11(2)24-14(12-7-4-3-5-8-12)22-17(16(24)26,18(19,20)21)23-15(25)13-9-6-10-27-13/h3-11H,1-2H3,(H,23,25)/t17-/m0/s1. The number of rotatable bonds is 4. The fraction of sp³-hybridized carbons (Fsp3) is 0.278. The molecule has 9 heteroatoms. The van der Waals surface area contributed by atoms with Crippen molar-refractivity contribution in [3.63, 3.8) is 0 Å². The fourth-order valence-electron chi connectivity index (χ4n) is 2.77. The number of carbonyl (C=O) groups is 2. The Kier molecular flexibility index (Phi) is 4.81. The molecule has 0 radical (unpaired) electrons. The summed E-state index contributed by atoms with van der Waals surface area (Å²) in [5, 5.41) is 3.40. The van der Waals surface area contributed by atoms with Gasteiger partial charge in [0.15, 0.2) is 0 Å². The molecule has 0 spiro atoms. The second kappa shape index (κ2) is 6.80. The first kappa shape index (κ1) is 19.1. The number of benzene rings is 1. The molecular formula is C18H16F3N3O2S. The van der Waals surface area contributed by atoms with Crippen LogP contribution in [0.3, 0.4) is 0 Å². The van der Waals surface area contributed by atoms with Crippen LogP contribution in [0.15, 0.2) is 52.8 Å². The molecule has 2 heterocycles. The van der Waals surface area contributed by atoms with Crippen molar-refractivity contribution in [1.29, 1.82) is 0 Å². The molecule has 2 amide bonds. The number of amides is 2. The van der Waals surface area contributed by atoms with Gasteiger partial charge >= 0.3 is 11.8 Å². The van der Waals surface area contributed by atoms with E-state index < -0.39 is 29.7 Å². The largest absolute Gasteiger partial charge is 0.442 e. The highest BCUT2D eigenvalue weighted by Crippen LogP contribution is 2.39. The zero-order valence-corrected chi connectivity index (χ0v) is 15.3. The van der Waals surface area contributed by atoms with Crippen molar-refractivity contribution < 1.29 is 22.8 Å². The first-order valence-electron chi connectivity index (χ1n) is 8.09. The Bertz CT molecular complexity index is 879. The maximum atomic E-state index is 14.0. The average molecular weight is 395 g/mol. The van der Waals surface area contributed by atoms with Gasteiger partial charge in [0.25, 0.3) is 11.8 Å². The maximum absolute atomic E-state index is 14.0. The van der Waals surface area contributed by atoms with Gasteiger partial charge in [-0.2, -0.15) is 13.2 Å². The minimum atomic E-state index is -5.11. The fourth-order valence-corrected chi connectivity index (χ4v) is 3.39. The molecule has 3 rings (SSSR count). The molecule has 5 nitrogen and oxygen atoms in total. The average Bonchev–Trinajstić information content (AvgIpc) is 3.23. The van der Waals surface area contributed by atoms with Crippen molar-refractivity contribution in [3.8, 4) is 0 Å². The number of nitrogens with one attached hydrogen (secondary N) is 1. The number of aliphatic imine (C=N–C) groups is 1. The van der Waals surface area contributed by atoms with Crippen LogP contribution in [0.5, 0.6) is 0 Å². The predicted molar refractivity (Wildman–Crippen MR) is 95.5 cm³/mol. The molecule has 1 aromatic heterocycles. The summed E-state index contributed by atoms with van der Waals surface area (Å²) in [6.45, 7) is 3.17. The summed E-state index contributed by atoms with van der Waals surface area (Å²) in [5.74, 6) is -2.45. The lowest BCUT2D eigenvalue weighted by molar-refractivity contribution is -0.196. The summed E-state index contributed by atoms with van der Waals surface area (Å²) in [4.78, 5) is 30.0. The van der Waals surface area contributed by atoms with Crippen LogP contribution in [0.2, 0.25) is 0 Å². The van der Waals surface area contributed by atoms with Gasteiger partial charge in [-0.1, -0.05) is 36.4 Å². The number of halogens is 3. The molecule has 0 bridgehead atoms. The highest BCUT2D eigenvalue weighted by atomic mass is 32.1. The SMILES string of the molecule is CC(C)N1C(=O)[C@](NC(=O)c2cccs2)(C(F)(F)F)N=C1c1ccccc1. The molecule has 2 aromatic rings. The molecule has 1 atom stereocenters. The minimum absolute atomic E-state index is 0.0610. The number of carbonyl (C=O) groups excluding carboxylic acids is 2. The molecule has 0 unspecified atom stereocenters. The predicted octanol–water partition coefficient (Wildman–Crippen LogP) is 3.43.